The van der Waals surface area contributed by atoms with Crippen molar-refractivity contribution in [2.24, 2.45) is 0 Å². The van der Waals surface area contributed by atoms with Crippen LogP contribution in [0.1, 0.15) is 20.8 Å². The van der Waals surface area contributed by atoms with Gasteiger partial charge in [-0.2, -0.15) is 0 Å². The largest absolute Gasteiger partial charge is 0.314 e. The summed E-state index contributed by atoms with van der Waals surface area (Å²) in [4.78, 5) is 2.52. The van der Waals surface area contributed by atoms with Gasteiger partial charge in [-0.3, -0.25) is 4.90 Å². The summed E-state index contributed by atoms with van der Waals surface area (Å²) in [6, 6.07) is 0. The number of piperazine rings is 1. The van der Waals surface area contributed by atoms with E-state index in [4.69, 9.17) is 0 Å². The molecule has 0 atom stereocenters. The minimum absolute atomic E-state index is 0.368. The molecular formula is C8H18N2. The van der Waals surface area contributed by atoms with Gasteiger partial charge in [-0.15, -0.1) is 0 Å². The van der Waals surface area contributed by atoms with Gasteiger partial charge in [0.05, 0.1) is 0 Å². The first kappa shape index (κ1) is 8.02. The maximum Gasteiger partial charge on any atom is 0.0278 e. The zero-order chi connectivity index (χ0) is 7.61. The molecule has 0 bridgehead atoms. The summed E-state index contributed by atoms with van der Waals surface area (Å²) in [5.41, 5.74) is 0.368. The van der Waals surface area contributed by atoms with Crippen LogP contribution in [-0.4, -0.2) is 36.6 Å². The predicted octanol–water partition coefficient (Wildman–Crippen LogP) is 0.690. The Labute approximate surface area is 63.6 Å². The van der Waals surface area contributed by atoms with E-state index in [0.29, 0.717) is 5.54 Å². The lowest BCUT2D eigenvalue weighted by atomic mass is 10.0. The second-order valence-corrected chi connectivity index (χ2v) is 3.57. The van der Waals surface area contributed by atoms with Crippen LogP contribution in [0.15, 0.2) is 0 Å². The number of nitrogens with zero attached hydrogens (tertiary/aromatic N) is 1. The van der Waals surface area contributed by atoms with Crippen molar-refractivity contribution in [2.45, 2.75) is 26.3 Å². The summed E-state index contributed by atoms with van der Waals surface area (Å²) in [6.07, 6.45) is 0. The highest BCUT2D eigenvalue weighted by molar-refractivity contribution is 4.87. The molecule has 0 aromatic heterocycles. The molecule has 0 aromatic rings. The van der Waals surface area contributed by atoms with Gasteiger partial charge in [0.25, 0.3) is 0 Å². The molecule has 0 unspecified atom stereocenters. The second-order valence-electron chi connectivity index (χ2n) is 3.57. The number of nitrogens with one attached hydrogen (secondary N) is 1. The van der Waals surface area contributed by atoms with Gasteiger partial charge in [0.2, 0.25) is 0 Å². The zero-order valence-electron chi connectivity index (χ0n) is 7.28. The summed E-state index contributed by atoms with van der Waals surface area (Å²) in [6.45, 7) is 11.5. The zero-order valence-corrected chi connectivity index (χ0v) is 7.28. The summed E-state index contributed by atoms with van der Waals surface area (Å²) < 4.78 is 0. The Balaban J connectivity index is 2.51. The van der Waals surface area contributed by atoms with Gasteiger partial charge in [-0.25, -0.2) is 0 Å². The van der Waals surface area contributed by atoms with Crippen molar-refractivity contribution in [3.63, 3.8) is 0 Å². The second kappa shape index (κ2) is 2.89. The Kier molecular flexibility index (Phi) is 2.32. The Bertz CT molecular complexity index is 110. The molecule has 0 saturated carbocycles. The molecule has 1 aliphatic rings. The van der Waals surface area contributed by atoms with Crippen molar-refractivity contribution in [3.05, 3.63) is 0 Å². The smallest absolute Gasteiger partial charge is 0.0278 e. The molecule has 0 spiro atoms. The van der Waals surface area contributed by atoms with E-state index in [1.807, 2.05) is 0 Å². The van der Waals surface area contributed by atoms with Crippen LogP contribution in [0.2, 0.25) is 0 Å². The van der Waals surface area contributed by atoms with Gasteiger partial charge >= 0.3 is 0 Å². The molecule has 1 aliphatic heterocycles. The molecule has 1 saturated heterocycles. The Morgan fingerprint density at radius 1 is 1.50 bits per heavy atom. The highest BCUT2D eigenvalue weighted by Crippen LogP contribution is 2.14. The number of likely N-dealkylation sites (N-methyl/N-ethyl adjacent to an activating group) is 1. The normalized spacial score (nSPS) is 26.7. The molecule has 1 rings (SSSR count). The van der Waals surface area contributed by atoms with Gasteiger partial charge in [-0.05, 0) is 20.4 Å². The lowest BCUT2D eigenvalue weighted by Gasteiger charge is -2.42. The fourth-order valence-corrected chi connectivity index (χ4v) is 1.61. The van der Waals surface area contributed by atoms with Gasteiger partial charge in [0.1, 0.15) is 0 Å². The predicted molar refractivity (Wildman–Crippen MR) is 44.2 cm³/mol. The fourth-order valence-electron chi connectivity index (χ4n) is 1.61. The SMILES string of the molecule is CCN1CCNCC1(C)C. The Hall–Kier alpha value is -0.0800. The van der Waals surface area contributed by atoms with Crippen LogP contribution in [0.5, 0.6) is 0 Å². The highest BCUT2D eigenvalue weighted by atomic mass is 15.2. The summed E-state index contributed by atoms with van der Waals surface area (Å²) >= 11 is 0. The molecule has 1 N–H and O–H groups in total. The van der Waals surface area contributed by atoms with Gasteiger partial charge in [-0.1, -0.05) is 6.92 Å². The van der Waals surface area contributed by atoms with E-state index in [1.54, 1.807) is 0 Å². The molecule has 0 aliphatic carbocycles. The molecule has 10 heavy (non-hydrogen) atoms. The average molecular weight is 142 g/mol. The van der Waals surface area contributed by atoms with Crippen LogP contribution in [0, 0.1) is 0 Å². The highest BCUT2D eigenvalue weighted by Gasteiger charge is 2.27. The van der Waals surface area contributed by atoms with Crippen molar-refractivity contribution < 1.29 is 0 Å². The quantitative estimate of drug-likeness (QED) is 0.579. The number of rotatable bonds is 1. The van der Waals surface area contributed by atoms with Gasteiger partial charge in [0.15, 0.2) is 0 Å². The van der Waals surface area contributed by atoms with E-state index in [9.17, 15) is 0 Å². The Morgan fingerprint density at radius 3 is 2.60 bits per heavy atom. The Morgan fingerprint density at radius 2 is 2.20 bits per heavy atom. The third-order valence-electron chi connectivity index (χ3n) is 2.35. The van der Waals surface area contributed by atoms with Crippen molar-refractivity contribution in [1.82, 2.24) is 10.2 Å². The standard InChI is InChI=1S/C8H18N2/c1-4-10-6-5-9-7-8(10,2)3/h9H,4-7H2,1-3H3. The lowest BCUT2D eigenvalue weighted by Crippen LogP contribution is -2.57. The minimum atomic E-state index is 0.368. The van der Waals surface area contributed by atoms with Crippen LogP contribution in [-0.2, 0) is 0 Å². The third-order valence-corrected chi connectivity index (χ3v) is 2.35. The van der Waals surface area contributed by atoms with Gasteiger partial charge < -0.3 is 5.32 Å². The molecule has 1 heterocycles. The molecule has 1 fully saturated rings. The van der Waals surface area contributed by atoms with E-state index < -0.39 is 0 Å². The molecule has 0 radical (unpaired) electrons. The van der Waals surface area contributed by atoms with E-state index in [2.05, 4.69) is 31.0 Å². The minimum Gasteiger partial charge on any atom is -0.314 e. The molecule has 2 heteroatoms. The first-order valence-electron chi connectivity index (χ1n) is 4.12. The topological polar surface area (TPSA) is 15.3 Å². The van der Waals surface area contributed by atoms with Crippen LogP contribution in [0.4, 0.5) is 0 Å². The van der Waals surface area contributed by atoms with Crippen LogP contribution >= 0.6 is 0 Å². The van der Waals surface area contributed by atoms with E-state index in [0.717, 1.165) is 13.1 Å². The van der Waals surface area contributed by atoms with Crippen molar-refractivity contribution >= 4 is 0 Å². The first-order chi connectivity index (χ1) is 4.67. The van der Waals surface area contributed by atoms with Crippen molar-refractivity contribution in [3.8, 4) is 0 Å². The van der Waals surface area contributed by atoms with Crippen molar-refractivity contribution in [2.75, 3.05) is 26.2 Å². The van der Waals surface area contributed by atoms with Crippen LogP contribution in [0.3, 0.4) is 0 Å². The van der Waals surface area contributed by atoms with Crippen LogP contribution < -0.4 is 5.32 Å². The van der Waals surface area contributed by atoms with E-state index in [-0.39, 0.29) is 0 Å². The summed E-state index contributed by atoms with van der Waals surface area (Å²) in [7, 11) is 0. The van der Waals surface area contributed by atoms with E-state index in [1.165, 1.54) is 13.1 Å². The monoisotopic (exact) mass is 142 g/mol. The molecule has 60 valence electrons. The average Bonchev–Trinajstić information content (AvgIpc) is 1.87. The van der Waals surface area contributed by atoms with E-state index >= 15 is 0 Å². The third kappa shape index (κ3) is 1.50. The first-order valence-corrected chi connectivity index (χ1v) is 4.12. The maximum absolute atomic E-state index is 3.40. The lowest BCUT2D eigenvalue weighted by molar-refractivity contribution is 0.0974. The molecule has 2 nitrogen and oxygen atoms in total. The van der Waals surface area contributed by atoms with Crippen molar-refractivity contribution in [1.29, 1.82) is 0 Å². The molecule has 0 amide bonds. The fraction of sp³-hybridized carbons (Fsp3) is 1.00. The summed E-state index contributed by atoms with van der Waals surface area (Å²) in [5.74, 6) is 0. The summed E-state index contributed by atoms with van der Waals surface area (Å²) in [5, 5.41) is 3.40. The number of hydrogen-bond donors (Lipinski definition) is 1. The molecule has 0 aromatic carbocycles. The number of hydrogen-bond acceptors (Lipinski definition) is 2. The molecular weight excluding hydrogens is 124 g/mol. The maximum atomic E-state index is 3.40. The van der Waals surface area contributed by atoms with Crippen LogP contribution in [0.25, 0.3) is 0 Å². The van der Waals surface area contributed by atoms with Gasteiger partial charge in [0, 0.05) is 25.2 Å².